The largest absolute Gasteiger partial charge is 0.269 e. The Morgan fingerprint density at radius 2 is 2.13 bits per heavy atom. The number of halogens is 1. The van der Waals surface area contributed by atoms with Crippen molar-refractivity contribution in [3.8, 4) is 0 Å². The molecule has 0 unspecified atom stereocenters. The molecule has 15 heavy (non-hydrogen) atoms. The summed E-state index contributed by atoms with van der Waals surface area (Å²) < 4.78 is 0. The van der Waals surface area contributed by atoms with Crippen LogP contribution in [0.15, 0.2) is 18.2 Å². The minimum Gasteiger partial charge on any atom is -0.258 e. The molecule has 82 valence electrons. The van der Waals surface area contributed by atoms with Gasteiger partial charge >= 0.3 is 0 Å². The number of nitro benzene ring substituents is 1. The Labute approximate surface area is 94.2 Å². The van der Waals surface area contributed by atoms with Crippen molar-refractivity contribution in [2.24, 2.45) is 0 Å². The number of alkyl halides is 1. The Bertz CT molecular complexity index is 352. The van der Waals surface area contributed by atoms with Crippen molar-refractivity contribution in [2.75, 3.05) is 0 Å². The zero-order valence-corrected chi connectivity index (χ0v) is 9.46. The quantitative estimate of drug-likeness (QED) is 0.438. The number of nitro groups is 1. The second-order valence-corrected chi connectivity index (χ2v) is 3.71. The van der Waals surface area contributed by atoms with Crippen LogP contribution in [0.2, 0.25) is 0 Å². The molecule has 0 saturated heterocycles. The Hall–Kier alpha value is -1.09. The number of benzene rings is 1. The monoisotopic (exact) mass is 227 g/mol. The molecule has 0 amide bonds. The molecule has 0 aliphatic carbocycles. The summed E-state index contributed by atoms with van der Waals surface area (Å²) in [5.74, 6) is 0.414. The molecule has 0 aliphatic rings. The lowest BCUT2D eigenvalue weighted by molar-refractivity contribution is -0.384. The van der Waals surface area contributed by atoms with Crippen LogP contribution in [-0.2, 0) is 12.3 Å². The van der Waals surface area contributed by atoms with E-state index in [2.05, 4.69) is 6.92 Å². The fourth-order valence-corrected chi connectivity index (χ4v) is 1.72. The average molecular weight is 228 g/mol. The second-order valence-electron chi connectivity index (χ2n) is 3.45. The topological polar surface area (TPSA) is 43.1 Å². The van der Waals surface area contributed by atoms with Crippen LogP contribution in [0.4, 0.5) is 5.69 Å². The van der Waals surface area contributed by atoms with Gasteiger partial charge in [-0.25, -0.2) is 0 Å². The van der Waals surface area contributed by atoms with E-state index in [4.69, 9.17) is 11.6 Å². The molecule has 0 aliphatic heterocycles. The number of hydrogen-bond acceptors (Lipinski definition) is 2. The summed E-state index contributed by atoms with van der Waals surface area (Å²) >= 11 is 5.77. The van der Waals surface area contributed by atoms with Crippen LogP contribution in [0.5, 0.6) is 0 Å². The Morgan fingerprint density at radius 3 is 2.67 bits per heavy atom. The fourth-order valence-electron chi connectivity index (χ4n) is 1.46. The van der Waals surface area contributed by atoms with Crippen molar-refractivity contribution in [1.82, 2.24) is 0 Å². The summed E-state index contributed by atoms with van der Waals surface area (Å²) in [6.45, 7) is 2.09. The molecule has 0 N–H and O–H groups in total. The summed E-state index contributed by atoms with van der Waals surface area (Å²) in [5, 5.41) is 10.6. The maximum atomic E-state index is 10.6. The summed E-state index contributed by atoms with van der Waals surface area (Å²) in [6, 6.07) is 4.89. The van der Waals surface area contributed by atoms with Crippen LogP contribution in [-0.4, -0.2) is 4.92 Å². The first kappa shape index (κ1) is 12.0. The molecule has 0 spiro atoms. The normalized spacial score (nSPS) is 10.3. The first-order valence-corrected chi connectivity index (χ1v) is 5.54. The summed E-state index contributed by atoms with van der Waals surface area (Å²) in [4.78, 5) is 10.2. The third kappa shape index (κ3) is 3.20. The molecular weight excluding hydrogens is 214 g/mol. The van der Waals surface area contributed by atoms with Crippen molar-refractivity contribution in [1.29, 1.82) is 0 Å². The maximum Gasteiger partial charge on any atom is 0.269 e. The lowest BCUT2D eigenvalue weighted by atomic mass is 10.0. The summed E-state index contributed by atoms with van der Waals surface area (Å²) in [5.41, 5.74) is 2.15. The van der Waals surface area contributed by atoms with Gasteiger partial charge in [-0.05, 0) is 24.0 Å². The number of nitrogens with zero attached hydrogens (tertiary/aromatic N) is 1. The highest BCUT2D eigenvalue weighted by Gasteiger charge is 2.09. The molecule has 0 bridgehead atoms. The SMILES string of the molecule is CCCCc1cc([N+](=O)[O-])ccc1CCl. The number of non-ortho nitro benzene ring substituents is 1. The first-order valence-electron chi connectivity index (χ1n) is 5.01. The number of aryl methyl sites for hydroxylation is 1. The number of hydrogen-bond donors (Lipinski definition) is 0. The summed E-state index contributed by atoms with van der Waals surface area (Å²) in [7, 11) is 0. The van der Waals surface area contributed by atoms with E-state index >= 15 is 0 Å². The average Bonchev–Trinajstić information content (AvgIpc) is 2.25. The van der Waals surface area contributed by atoms with Gasteiger partial charge in [0.1, 0.15) is 0 Å². The van der Waals surface area contributed by atoms with Gasteiger partial charge in [-0.3, -0.25) is 10.1 Å². The third-order valence-electron chi connectivity index (χ3n) is 2.34. The Morgan fingerprint density at radius 1 is 1.40 bits per heavy atom. The van der Waals surface area contributed by atoms with Gasteiger partial charge in [0.15, 0.2) is 0 Å². The molecule has 4 heteroatoms. The molecule has 0 heterocycles. The van der Waals surface area contributed by atoms with Crippen molar-refractivity contribution in [3.63, 3.8) is 0 Å². The van der Waals surface area contributed by atoms with Gasteiger partial charge in [-0.2, -0.15) is 0 Å². The molecule has 0 saturated carbocycles. The van der Waals surface area contributed by atoms with E-state index in [-0.39, 0.29) is 10.6 Å². The van der Waals surface area contributed by atoms with Gasteiger partial charge in [0.2, 0.25) is 0 Å². The predicted octanol–water partition coefficient (Wildman–Crippen LogP) is 3.68. The highest BCUT2D eigenvalue weighted by atomic mass is 35.5. The molecule has 1 aromatic carbocycles. The molecule has 0 fully saturated rings. The van der Waals surface area contributed by atoms with Crippen LogP contribution in [0.3, 0.4) is 0 Å². The third-order valence-corrected chi connectivity index (χ3v) is 2.63. The van der Waals surface area contributed by atoms with Gasteiger partial charge in [0, 0.05) is 18.0 Å². The Balaban J connectivity index is 2.96. The zero-order chi connectivity index (χ0) is 11.3. The maximum absolute atomic E-state index is 10.6. The van der Waals surface area contributed by atoms with Crippen LogP contribution < -0.4 is 0 Å². The molecule has 1 aromatic rings. The van der Waals surface area contributed by atoms with Gasteiger partial charge in [-0.1, -0.05) is 19.4 Å². The van der Waals surface area contributed by atoms with Crippen molar-refractivity contribution in [2.45, 2.75) is 32.1 Å². The lowest BCUT2D eigenvalue weighted by Crippen LogP contribution is -1.95. The predicted molar refractivity (Wildman–Crippen MR) is 61.3 cm³/mol. The molecule has 0 atom stereocenters. The van der Waals surface area contributed by atoms with Crippen molar-refractivity contribution < 1.29 is 4.92 Å². The molecule has 1 rings (SSSR count). The van der Waals surface area contributed by atoms with Crippen molar-refractivity contribution in [3.05, 3.63) is 39.4 Å². The highest BCUT2D eigenvalue weighted by molar-refractivity contribution is 6.17. The second kappa shape index (κ2) is 5.71. The minimum absolute atomic E-state index is 0.148. The van der Waals surface area contributed by atoms with Crippen LogP contribution >= 0.6 is 11.6 Å². The highest BCUT2D eigenvalue weighted by Crippen LogP contribution is 2.21. The lowest BCUT2D eigenvalue weighted by Gasteiger charge is -2.05. The van der Waals surface area contributed by atoms with Crippen LogP contribution in [0.25, 0.3) is 0 Å². The standard InChI is InChI=1S/C11H14ClNO2/c1-2-3-4-9-7-11(13(14)15)6-5-10(9)8-12/h5-7H,2-4,8H2,1H3. The number of unbranched alkanes of at least 4 members (excludes halogenated alkanes) is 1. The van der Waals surface area contributed by atoms with E-state index in [9.17, 15) is 10.1 Å². The van der Waals surface area contributed by atoms with E-state index < -0.39 is 0 Å². The van der Waals surface area contributed by atoms with E-state index in [0.29, 0.717) is 5.88 Å². The van der Waals surface area contributed by atoms with E-state index in [1.54, 1.807) is 12.1 Å². The van der Waals surface area contributed by atoms with Gasteiger partial charge < -0.3 is 0 Å². The number of rotatable bonds is 5. The molecule has 0 radical (unpaired) electrons. The minimum atomic E-state index is -0.368. The van der Waals surface area contributed by atoms with Gasteiger partial charge in [0.25, 0.3) is 5.69 Å². The van der Waals surface area contributed by atoms with Gasteiger partial charge in [-0.15, -0.1) is 11.6 Å². The summed E-state index contributed by atoms with van der Waals surface area (Å²) in [6.07, 6.45) is 2.97. The van der Waals surface area contributed by atoms with Crippen LogP contribution in [0.1, 0.15) is 30.9 Å². The van der Waals surface area contributed by atoms with E-state index in [1.165, 1.54) is 6.07 Å². The van der Waals surface area contributed by atoms with Gasteiger partial charge in [0.05, 0.1) is 4.92 Å². The van der Waals surface area contributed by atoms with E-state index in [0.717, 1.165) is 30.4 Å². The first-order chi connectivity index (χ1) is 7.19. The smallest absolute Gasteiger partial charge is 0.258 e. The van der Waals surface area contributed by atoms with E-state index in [1.807, 2.05) is 0 Å². The Kier molecular flexibility index (Phi) is 4.56. The molecule has 3 nitrogen and oxygen atoms in total. The fraction of sp³-hybridized carbons (Fsp3) is 0.455. The molecule has 0 aromatic heterocycles. The zero-order valence-electron chi connectivity index (χ0n) is 8.70. The molecular formula is C11H14ClNO2. The van der Waals surface area contributed by atoms with Crippen molar-refractivity contribution >= 4 is 17.3 Å². The van der Waals surface area contributed by atoms with Crippen LogP contribution in [0, 0.1) is 10.1 Å².